The van der Waals surface area contributed by atoms with Crippen LogP contribution < -0.4 is 11.1 Å². The summed E-state index contributed by atoms with van der Waals surface area (Å²) < 4.78 is 0. The average Bonchev–Trinajstić information content (AvgIpc) is 2.41. The Bertz CT molecular complexity index is 561. The van der Waals surface area contributed by atoms with Crippen LogP contribution in [0.5, 0.6) is 0 Å². The maximum Gasteiger partial charge on any atom is 0.245 e. The SMILES string of the molecule is CC(C)(C(=O)N1CCNC(=O)C1(C)C)c1ccc(N)cc1. The summed E-state index contributed by atoms with van der Waals surface area (Å²) in [4.78, 5) is 26.7. The van der Waals surface area contributed by atoms with Gasteiger partial charge in [0.2, 0.25) is 11.8 Å². The second kappa shape index (κ2) is 5.06. The molecule has 3 N–H and O–H groups in total. The maximum absolute atomic E-state index is 13.0. The summed E-state index contributed by atoms with van der Waals surface area (Å²) in [5, 5.41) is 2.81. The van der Waals surface area contributed by atoms with Crippen LogP contribution in [0.25, 0.3) is 0 Å². The van der Waals surface area contributed by atoms with Crippen LogP contribution in [0.15, 0.2) is 24.3 Å². The van der Waals surface area contributed by atoms with Crippen molar-refractivity contribution in [3.63, 3.8) is 0 Å². The lowest BCUT2D eigenvalue weighted by Gasteiger charge is -2.44. The van der Waals surface area contributed by atoms with Gasteiger partial charge in [-0.3, -0.25) is 9.59 Å². The van der Waals surface area contributed by atoms with Crippen LogP contribution >= 0.6 is 0 Å². The molecule has 1 saturated heterocycles. The summed E-state index contributed by atoms with van der Waals surface area (Å²) in [5.74, 6) is -0.165. The molecule has 0 bridgehead atoms. The summed E-state index contributed by atoms with van der Waals surface area (Å²) in [7, 11) is 0. The van der Waals surface area contributed by atoms with Gasteiger partial charge < -0.3 is 16.0 Å². The number of nitrogens with one attached hydrogen (secondary N) is 1. The molecule has 1 aromatic carbocycles. The van der Waals surface area contributed by atoms with E-state index in [0.717, 1.165) is 5.56 Å². The smallest absolute Gasteiger partial charge is 0.245 e. The normalized spacial score (nSPS) is 18.3. The Morgan fingerprint density at radius 3 is 2.43 bits per heavy atom. The van der Waals surface area contributed by atoms with Gasteiger partial charge in [-0.25, -0.2) is 0 Å². The molecular weight excluding hydrogens is 266 g/mol. The number of carbonyl (C=O) groups excluding carboxylic acids is 2. The van der Waals surface area contributed by atoms with E-state index in [0.29, 0.717) is 18.8 Å². The number of amides is 2. The number of nitrogens with zero attached hydrogens (tertiary/aromatic N) is 1. The Balaban J connectivity index is 2.33. The number of carbonyl (C=O) groups is 2. The van der Waals surface area contributed by atoms with Crippen LogP contribution in [0, 0.1) is 0 Å². The predicted octanol–water partition coefficient (Wildman–Crippen LogP) is 1.28. The monoisotopic (exact) mass is 289 g/mol. The number of rotatable bonds is 2. The van der Waals surface area contributed by atoms with Crippen molar-refractivity contribution >= 4 is 17.5 Å². The van der Waals surface area contributed by atoms with Crippen molar-refractivity contribution in [2.45, 2.75) is 38.6 Å². The van der Waals surface area contributed by atoms with Gasteiger partial charge >= 0.3 is 0 Å². The molecule has 0 spiro atoms. The summed E-state index contributed by atoms with van der Waals surface area (Å²) in [5.41, 5.74) is 5.72. The van der Waals surface area contributed by atoms with Gasteiger partial charge in [-0.05, 0) is 45.4 Å². The number of nitrogen functional groups attached to an aromatic ring is 1. The molecule has 0 aromatic heterocycles. The van der Waals surface area contributed by atoms with E-state index in [1.807, 2.05) is 26.0 Å². The molecule has 5 heteroatoms. The molecule has 0 saturated carbocycles. The first-order chi connectivity index (χ1) is 9.67. The number of hydrogen-bond acceptors (Lipinski definition) is 3. The zero-order chi connectivity index (χ0) is 15.8. The number of nitrogens with two attached hydrogens (primary N) is 1. The van der Waals surface area contributed by atoms with E-state index in [9.17, 15) is 9.59 Å². The second-order valence-corrected chi connectivity index (χ2v) is 6.52. The van der Waals surface area contributed by atoms with Crippen LogP contribution in [0.3, 0.4) is 0 Å². The fourth-order valence-corrected chi connectivity index (χ4v) is 2.62. The molecule has 2 rings (SSSR count). The van der Waals surface area contributed by atoms with Gasteiger partial charge in [0.05, 0.1) is 5.41 Å². The van der Waals surface area contributed by atoms with Crippen molar-refractivity contribution in [1.82, 2.24) is 10.2 Å². The van der Waals surface area contributed by atoms with Gasteiger partial charge in [-0.1, -0.05) is 12.1 Å². The summed E-state index contributed by atoms with van der Waals surface area (Å²) in [6.45, 7) is 8.33. The van der Waals surface area contributed by atoms with Crippen molar-refractivity contribution in [2.75, 3.05) is 18.8 Å². The zero-order valence-electron chi connectivity index (χ0n) is 13.1. The van der Waals surface area contributed by atoms with Crippen molar-refractivity contribution in [2.24, 2.45) is 0 Å². The molecule has 0 atom stereocenters. The summed E-state index contributed by atoms with van der Waals surface area (Å²) in [6, 6.07) is 7.31. The first-order valence-electron chi connectivity index (χ1n) is 7.14. The van der Waals surface area contributed by atoms with E-state index < -0.39 is 11.0 Å². The third-order valence-corrected chi connectivity index (χ3v) is 4.26. The molecule has 5 nitrogen and oxygen atoms in total. The minimum atomic E-state index is -0.833. The van der Waals surface area contributed by atoms with Crippen molar-refractivity contribution in [1.29, 1.82) is 0 Å². The first kappa shape index (κ1) is 15.4. The van der Waals surface area contributed by atoms with Crippen LogP contribution in [0.4, 0.5) is 5.69 Å². The summed E-state index contributed by atoms with van der Waals surface area (Å²) >= 11 is 0. The van der Waals surface area contributed by atoms with Crippen LogP contribution in [-0.4, -0.2) is 35.3 Å². The van der Waals surface area contributed by atoms with E-state index in [1.54, 1.807) is 30.9 Å². The highest BCUT2D eigenvalue weighted by molar-refractivity contribution is 5.95. The van der Waals surface area contributed by atoms with E-state index in [4.69, 9.17) is 5.73 Å². The van der Waals surface area contributed by atoms with Gasteiger partial charge in [0, 0.05) is 18.8 Å². The number of anilines is 1. The molecule has 1 aliphatic rings. The molecule has 1 fully saturated rings. The van der Waals surface area contributed by atoms with Crippen molar-refractivity contribution in [3.8, 4) is 0 Å². The average molecular weight is 289 g/mol. The second-order valence-electron chi connectivity index (χ2n) is 6.52. The molecule has 114 valence electrons. The number of hydrogen-bond donors (Lipinski definition) is 2. The van der Waals surface area contributed by atoms with Crippen molar-refractivity contribution < 1.29 is 9.59 Å². The fraction of sp³-hybridized carbons (Fsp3) is 0.500. The van der Waals surface area contributed by atoms with Crippen LogP contribution in [0.2, 0.25) is 0 Å². The lowest BCUT2D eigenvalue weighted by Crippen LogP contribution is -2.65. The van der Waals surface area contributed by atoms with Gasteiger partial charge in [-0.2, -0.15) is 0 Å². The molecule has 0 aliphatic carbocycles. The van der Waals surface area contributed by atoms with E-state index in [-0.39, 0.29) is 11.8 Å². The van der Waals surface area contributed by atoms with Gasteiger partial charge in [-0.15, -0.1) is 0 Å². The molecule has 21 heavy (non-hydrogen) atoms. The molecule has 1 aromatic rings. The highest BCUT2D eigenvalue weighted by atomic mass is 16.2. The van der Waals surface area contributed by atoms with Crippen molar-refractivity contribution in [3.05, 3.63) is 29.8 Å². The largest absolute Gasteiger partial charge is 0.399 e. The Labute approximate surface area is 125 Å². The van der Waals surface area contributed by atoms with E-state index >= 15 is 0 Å². The maximum atomic E-state index is 13.0. The predicted molar refractivity (Wildman–Crippen MR) is 82.7 cm³/mol. The Hall–Kier alpha value is -2.04. The van der Waals surface area contributed by atoms with E-state index in [1.165, 1.54) is 0 Å². The molecule has 1 aliphatic heterocycles. The topological polar surface area (TPSA) is 75.4 Å². The minimum absolute atomic E-state index is 0.0490. The number of piperazine rings is 1. The van der Waals surface area contributed by atoms with Gasteiger partial charge in [0.25, 0.3) is 0 Å². The Morgan fingerprint density at radius 2 is 1.86 bits per heavy atom. The third-order valence-electron chi connectivity index (χ3n) is 4.26. The van der Waals surface area contributed by atoms with Gasteiger partial charge in [0.15, 0.2) is 0 Å². The highest BCUT2D eigenvalue weighted by Crippen LogP contribution is 2.30. The quantitative estimate of drug-likeness (QED) is 0.805. The Kier molecular flexibility index (Phi) is 3.70. The first-order valence-corrected chi connectivity index (χ1v) is 7.14. The number of benzene rings is 1. The Morgan fingerprint density at radius 1 is 1.29 bits per heavy atom. The van der Waals surface area contributed by atoms with Gasteiger partial charge in [0.1, 0.15) is 5.54 Å². The molecular formula is C16H23N3O2. The zero-order valence-corrected chi connectivity index (χ0v) is 13.1. The standard InChI is InChI=1S/C16H23N3O2/c1-15(2,11-5-7-12(17)8-6-11)14(21)19-10-9-18-13(20)16(19,3)4/h5-8H,9-10,17H2,1-4H3,(H,18,20). The molecule has 0 radical (unpaired) electrons. The lowest BCUT2D eigenvalue weighted by atomic mass is 9.81. The fourth-order valence-electron chi connectivity index (χ4n) is 2.62. The summed E-state index contributed by atoms with van der Waals surface area (Å²) in [6.07, 6.45) is 0. The lowest BCUT2D eigenvalue weighted by molar-refractivity contribution is -0.152. The van der Waals surface area contributed by atoms with E-state index in [2.05, 4.69) is 5.32 Å². The van der Waals surface area contributed by atoms with Crippen LogP contribution in [0.1, 0.15) is 33.3 Å². The molecule has 2 amide bonds. The minimum Gasteiger partial charge on any atom is -0.399 e. The third kappa shape index (κ3) is 2.60. The highest BCUT2D eigenvalue weighted by Gasteiger charge is 2.45. The van der Waals surface area contributed by atoms with Crippen LogP contribution in [-0.2, 0) is 15.0 Å². The molecule has 0 unspecified atom stereocenters. The molecule has 1 heterocycles.